The van der Waals surface area contributed by atoms with Gasteiger partial charge in [0, 0.05) is 19.0 Å². The lowest BCUT2D eigenvalue weighted by molar-refractivity contribution is 0.0726. The molecular formula is C17H18ClFN2O2. The molecule has 0 N–H and O–H groups in total. The maximum atomic E-state index is 14.0. The highest BCUT2D eigenvalue weighted by atomic mass is 35.5. The Morgan fingerprint density at radius 1 is 1.52 bits per heavy atom. The molecular weight excluding hydrogens is 319 g/mol. The van der Waals surface area contributed by atoms with E-state index in [4.69, 9.17) is 16.1 Å². The van der Waals surface area contributed by atoms with Crippen LogP contribution < -0.4 is 0 Å². The highest BCUT2D eigenvalue weighted by Crippen LogP contribution is 2.34. The van der Waals surface area contributed by atoms with Gasteiger partial charge in [0.2, 0.25) is 0 Å². The lowest BCUT2D eigenvalue weighted by Gasteiger charge is -2.23. The summed E-state index contributed by atoms with van der Waals surface area (Å²) in [5.74, 6) is -0.179. The number of hydrogen-bond acceptors (Lipinski definition) is 3. The van der Waals surface area contributed by atoms with Crippen LogP contribution in [0.1, 0.15) is 54.0 Å². The molecule has 1 aromatic heterocycles. The summed E-state index contributed by atoms with van der Waals surface area (Å²) in [5.41, 5.74) is 0.658. The van der Waals surface area contributed by atoms with Crippen molar-refractivity contribution in [3.8, 4) is 0 Å². The molecule has 0 spiro atoms. The smallest absolute Gasteiger partial charge is 0.258 e. The summed E-state index contributed by atoms with van der Waals surface area (Å²) in [6, 6.07) is 5.97. The normalized spacial score (nSPS) is 17.7. The van der Waals surface area contributed by atoms with Crippen LogP contribution in [0.4, 0.5) is 4.39 Å². The molecule has 3 rings (SSSR count). The highest BCUT2D eigenvalue weighted by molar-refractivity contribution is 6.33. The second-order valence-electron chi connectivity index (χ2n) is 5.72. The van der Waals surface area contributed by atoms with Crippen molar-refractivity contribution in [3.05, 3.63) is 52.1 Å². The Kier molecular flexibility index (Phi) is 4.66. The van der Waals surface area contributed by atoms with E-state index >= 15 is 0 Å². The van der Waals surface area contributed by atoms with Crippen molar-refractivity contribution in [2.24, 2.45) is 0 Å². The quantitative estimate of drug-likeness (QED) is 0.831. The first-order chi connectivity index (χ1) is 11.1. The molecule has 0 unspecified atom stereocenters. The minimum Gasteiger partial charge on any atom is -0.361 e. The molecule has 6 heteroatoms. The largest absolute Gasteiger partial charge is 0.361 e. The first kappa shape index (κ1) is 16.0. The summed E-state index contributed by atoms with van der Waals surface area (Å²) in [5, 5.41) is 4.22. The third-order valence-corrected chi connectivity index (χ3v) is 4.42. The Morgan fingerprint density at radius 3 is 3.09 bits per heavy atom. The molecule has 122 valence electrons. The number of carbonyl (C=O) groups excluding carboxylic acids is 1. The third-order valence-electron chi connectivity index (χ3n) is 4.11. The van der Waals surface area contributed by atoms with Crippen molar-refractivity contribution in [1.29, 1.82) is 0 Å². The summed E-state index contributed by atoms with van der Waals surface area (Å²) in [7, 11) is 0. The van der Waals surface area contributed by atoms with Gasteiger partial charge < -0.3 is 9.42 Å². The molecule has 1 amide bonds. The minimum atomic E-state index is -0.597. The molecule has 1 fully saturated rings. The van der Waals surface area contributed by atoms with Gasteiger partial charge in [-0.3, -0.25) is 4.79 Å². The van der Waals surface area contributed by atoms with Crippen molar-refractivity contribution < 1.29 is 13.7 Å². The van der Waals surface area contributed by atoms with Crippen LogP contribution in [-0.4, -0.2) is 22.5 Å². The summed E-state index contributed by atoms with van der Waals surface area (Å²) in [6.07, 6.45) is 3.41. The van der Waals surface area contributed by atoms with Crippen molar-refractivity contribution in [3.63, 3.8) is 0 Å². The van der Waals surface area contributed by atoms with Gasteiger partial charge in [-0.05, 0) is 31.4 Å². The van der Waals surface area contributed by atoms with E-state index in [0.717, 1.165) is 37.1 Å². The van der Waals surface area contributed by atoms with Gasteiger partial charge >= 0.3 is 0 Å². The van der Waals surface area contributed by atoms with Crippen LogP contribution in [0, 0.1) is 5.82 Å². The molecule has 1 aromatic carbocycles. The fraction of sp³-hybridized carbons (Fsp3) is 0.412. The average Bonchev–Trinajstić information content (AvgIpc) is 3.15. The fourth-order valence-electron chi connectivity index (χ4n) is 3.01. The van der Waals surface area contributed by atoms with Gasteiger partial charge in [0.1, 0.15) is 17.3 Å². The van der Waals surface area contributed by atoms with E-state index in [1.54, 1.807) is 4.90 Å². The predicted octanol–water partition coefficient (Wildman–Crippen LogP) is 4.40. The summed E-state index contributed by atoms with van der Waals surface area (Å²) in [6.45, 7) is 2.62. The molecule has 1 aliphatic rings. The van der Waals surface area contributed by atoms with Crippen LogP contribution in [0.25, 0.3) is 0 Å². The maximum Gasteiger partial charge on any atom is 0.258 e. The second-order valence-corrected chi connectivity index (χ2v) is 6.13. The monoisotopic (exact) mass is 336 g/mol. The average molecular weight is 337 g/mol. The van der Waals surface area contributed by atoms with Gasteiger partial charge in [0.25, 0.3) is 5.91 Å². The Hall–Kier alpha value is -1.88. The summed E-state index contributed by atoms with van der Waals surface area (Å²) < 4.78 is 19.3. The predicted molar refractivity (Wildman–Crippen MR) is 84.9 cm³/mol. The Labute approximate surface area is 139 Å². The molecule has 2 aromatic rings. The van der Waals surface area contributed by atoms with Crippen LogP contribution in [0.3, 0.4) is 0 Å². The van der Waals surface area contributed by atoms with E-state index in [0.29, 0.717) is 6.54 Å². The number of rotatable bonds is 4. The number of hydrogen-bond donors (Lipinski definition) is 0. The number of halogens is 2. The van der Waals surface area contributed by atoms with E-state index in [-0.39, 0.29) is 16.6 Å². The zero-order valence-electron chi connectivity index (χ0n) is 12.9. The van der Waals surface area contributed by atoms with Gasteiger partial charge in [-0.2, -0.15) is 0 Å². The Morgan fingerprint density at radius 2 is 2.35 bits per heavy atom. The number of likely N-dealkylation sites (tertiary alicyclic amines) is 1. The van der Waals surface area contributed by atoms with Gasteiger partial charge in [0.15, 0.2) is 0 Å². The van der Waals surface area contributed by atoms with Gasteiger partial charge in [-0.1, -0.05) is 29.7 Å². The molecule has 2 heterocycles. The summed E-state index contributed by atoms with van der Waals surface area (Å²) in [4.78, 5) is 14.4. The van der Waals surface area contributed by atoms with Crippen LogP contribution >= 0.6 is 11.6 Å². The molecule has 0 bridgehead atoms. The molecule has 1 atom stereocenters. The van der Waals surface area contributed by atoms with Gasteiger partial charge in [-0.15, -0.1) is 0 Å². The van der Waals surface area contributed by atoms with Crippen molar-refractivity contribution in [1.82, 2.24) is 10.1 Å². The zero-order chi connectivity index (χ0) is 16.4. The maximum absolute atomic E-state index is 14.0. The van der Waals surface area contributed by atoms with Crippen LogP contribution in [0.15, 0.2) is 28.8 Å². The Balaban J connectivity index is 1.87. The first-order valence-corrected chi connectivity index (χ1v) is 8.20. The SMILES string of the molecule is CCCc1cc([C@H]2CCCN2C(=O)c2c(F)cccc2Cl)no1. The van der Waals surface area contributed by atoms with Crippen molar-refractivity contribution in [2.75, 3.05) is 6.54 Å². The van der Waals surface area contributed by atoms with Crippen LogP contribution in [-0.2, 0) is 6.42 Å². The van der Waals surface area contributed by atoms with E-state index in [1.807, 2.05) is 6.07 Å². The number of aromatic nitrogens is 1. The number of amides is 1. The van der Waals surface area contributed by atoms with E-state index in [2.05, 4.69) is 12.1 Å². The molecule has 23 heavy (non-hydrogen) atoms. The molecule has 0 radical (unpaired) electrons. The van der Waals surface area contributed by atoms with E-state index < -0.39 is 11.7 Å². The third kappa shape index (κ3) is 3.11. The molecule has 1 aliphatic heterocycles. The topological polar surface area (TPSA) is 46.3 Å². The number of carbonyl (C=O) groups is 1. The second kappa shape index (κ2) is 6.71. The summed E-state index contributed by atoms with van der Waals surface area (Å²) >= 11 is 6.02. The zero-order valence-corrected chi connectivity index (χ0v) is 13.6. The molecule has 0 saturated carbocycles. The van der Waals surface area contributed by atoms with E-state index in [1.165, 1.54) is 18.2 Å². The van der Waals surface area contributed by atoms with Crippen molar-refractivity contribution >= 4 is 17.5 Å². The van der Waals surface area contributed by atoms with E-state index in [9.17, 15) is 9.18 Å². The Bertz CT molecular complexity index is 696. The standard InChI is InChI=1S/C17H18ClFN2O2/c1-2-5-11-10-14(20-23-11)15-8-4-9-21(15)17(22)16-12(18)6-3-7-13(16)19/h3,6-7,10,15H,2,4-5,8-9H2,1H3/t15-/m1/s1. The van der Waals surface area contributed by atoms with Gasteiger partial charge in [-0.25, -0.2) is 4.39 Å². The number of benzene rings is 1. The molecule has 1 saturated heterocycles. The molecule has 4 nitrogen and oxygen atoms in total. The van der Waals surface area contributed by atoms with Crippen molar-refractivity contribution in [2.45, 2.75) is 38.6 Å². The lowest BCUT2D eigenvalue weighted by Crippen LogP contribution is -2.31. The highest BCUT2D eigenvalue weighted by Gasteiger charge is 2.34. The first-order valence-electron chi connectivity index (χ1n) is 7.82. The fourth-order valence-corrected chi connectivity index (χ4v) is 3.26. The van der Waals surface area contributed by atoms with Gasteiger partial charge in [0.05, 0.1) is 16.6 Å². The minimum absolute atomic E-state index is 0.0710. The lowest BCUT2D eigenvalue weighted by atomic mass is 10.1. The van der Waals surface area contributed by atoms with Crippen LogP contribution in [0.2, 0.25) is 5.02 Å². The number of aryl methyl sites for hydroxylation is 1. The van der Waals surface area contributed by atoms with Crippen LogP contribution in [0.5, 0.6) is 0 Å². The molecule has 0 aliphatic carbocycles. The number of nitrogens with zero attached hydrogens (tertiary/aromatic N) is 2.